The SMILES string of the molecule is NC(=S)Nc1cccc(C(=O)OF)c1. The lowest BCUT2D eigenvalue weighted by atomic mass is 10.2. The Hall–Kier alpha value is -1.69. The van der Waals surface area contributed by atoms with Crippen molar-refractivity contribution in [2.45, 2.75) is 0 Å². The van der Waals surface area contributed by atoms with Crippen molar-refractivity contribution in [2.24, 2.45) is 5.73 Å². The molecular weight excluding hydrogens is 207 g/mol. The normalized spacial score (nSPS) is 9.21. The first-order valence-electron chi connectivity index (χ1n) is 3.63. The highest BCUT2D eigenvalue weighted by Crippen LogP contribution is 2.11. The topological polar surface area (TPSA) is 64.3 Å². The molecule has 0 fully saturated rings. The Morgan fingerprint density at radius 1 is 1.57 bits per heavy atom. The second-order valence-electron chi connectivity index (χ2n) is 2.43. The third-order valence-corrected chi connectivity index (χ3v) is 1.54. The molecule has 0 unspecified atom stereocenters. The van der Waals surface area contributed by atoms with E-state index < -0.39 is 5.97 Å². The van der Waals surface area contributed by atoms with E-state index >= 15 is 0 Å². The maximum Gasteiger partial charge on any atom is 0.379 e. The number of nitrogens with two attached hydrogens (primary N) is 1. The highest BCUT2D eigenvalue weighted by atomic mass is 32.1. The van der Waals surface area contributed by atoms with Gasteiger partial charge in [-0.05, 0) is 30.4 Å². The quantitative estimate of drug-likeness (QED) is 0.728. The molecule has 74 valence electrons. The third kappa shape index (κ3) is 2.67. The molecule has 0 aliphatic rings. The van der Waals surface area contributed by atoms with E-state index in [4.69, 9.17) is 5.73 Å². The van der Waals surface area contributed by atoms with Crippen LogP contribution in [0.1, 0.15) is 10.4 Å². The van der Waals surface area contributed by atoms with Crippen molar-refractivity contribution >= 4 is 29.0 Å². The summed E-state index contributed by atoms with van der Waals surface area (Å²) in [4.78, 5) is 13.8. The molecule has 1 aromatic rings. The minimum absolute atomic E-state index is 0.0655. The number of rotatable bonds is 2. The number of benzene rings is 1. The van der Waals surface area contributed by atoms with Crippen LogP contribution in [-0.2, 0) is 4.94 Å². The van der Waals surface area contributed by atoms with Gasteiger partial charge in [0.2, 0.25) is 0 Å². The molecule has 4 nitrogen and oxygen atoms in total. The summed E-state index contributed by atoms with van der Waals surface area (Å²) in [5, 5.41) is 2.67. The van der Waals surface area contributed by atoms with Crippen LogP contribution in [-0.4, -0.2) is 11.1 Å². The fraction of sp³-hybridized carbons (Fsp3) is 0. The van der Waals surface area contributed by atoms with Crippen molar-refractivity contribution in [3.05, 3.63) is 29.8 Å². The molecule has 0 saturated heterocycles. The van der Waals surface area contributed by atoms with E-state index in [1.54, 1.807) is 12.1 Å². The molecule has 0 aliphatic heterocycles. The average molecular weight is 214 g/mol. The molecule has 0 amide bonds. The summed E-state index contributed by atoms with van der Waals surface area (Å²) in [7, 11) is 0. The van der Waals surface area contributed by atoms with E-state index in [1.165, 1.54) is 12.1 Å². The zero-order chi connectivity index (χ0) is 10.6. The van der Waals surface area contributed by atoms with E-state index in [0.29, 0.717) is 5.69 Å². The van der Waals surface area contributed by atoms with Crippen LogP contribution in [0.4, 0.5) is 10.2 Å². The van der Waals surface area contributed by atoms with Gasteiger partial charge in [-0.15, -0.1) is 0 Å². The Bertz CT molecular complexity index is 370. The number of hydrogen-bond acceptors (Lipinski definition) is 3. The van der Waals surface area contributed by atoms with Gasteiger partial charge in [-0.1, -0.05) is 6.07 Å². The zero-order valence-electron chi connectivity index (χ0n) is 6.99. The van der Waals surface area contributed by atoms with Crippen LogP contribution in [0.5, 0.6) is 0 Å². The van der Waals surface area contributed by atoms with Crippen LogP contribution in [0.15, 0.2) is 24.3 Å². The zero-order valence-corrected chi connectivity index (χ0v) is 7.81. The predicted octanol–water partition coefficient (Wildman–Crippen LogP) is 1.38. The Morgan fingerprint density at radius 2 is 2.29 bits per heavy atom. The van der Waals surface area contributed by atoms with Crippen molar-refractivity contribution in [3.63, 3.8) is 0 Å². The van der Waals surface area contributed by atoms with Crippen LogP contribution in [0.25, 0.3) is 0 Å². The van der Waals surface area contributed by atoms with Crippen molar-refractivity contribution in [1.82, 2.24) is 0 Å². The van der Waals surface area contributed by atoms with Gasteiger partial charge >= 0.3 is 5.97 Å². The van der Waals surface area contributed by atoms with Crippen LogP contribution < -0.4 is 11.1 Å². The minimum Gasteiger partial charge on any atom is -0.376 e. The first kappa shape index (κ1) is 10.4. The molecule has 0 heterocycles. The standard InChI is InChI=1S/C8H7FN2O2S/c9-13-7(12)5-2-1-3-6(4-5)11-8(10)14/h1-4H,(H3,10,11,14). The van der Waals surface area contributed by atoms with E-state index in [1.807, 2.05) is 0 Å². The fourth-order valence-electron chi connectivity index (χ4n) is 0.911. The van der Waals surface area contributed by atoms with Crippen molar-refractivity contribution in [3.8, 4) is 0 Å². The number of carbonyl (C=O) groups is 1. The molecule has 1 aromatic carbocycles. The van der Waals surface area contributed by atoms with Crippen LogP contribution in [0.3, 0.4) is 0 Å². The van der Waals surface area contributed by atoms with Gasteiger partial charge in [-0.3, -0.25) is 0 Å². The summed E-state index contributed by atoms with van der Waals surface area (Å²) in [6.07, 6.45) is 0. The molecule has 0 saturated carbocycles. The molecule has 3 N–H and O–H groups in total. The highest BCUT2D eigenvalue weighted by molar-refractivity contribution is 7.80. The average Bonchev–Trinajstić information content (AvgIpc) is 2.16. The maximum atomic E-state index is 11.5. The number of anilines is 1. The Labute approximate surface area is 84.8 Å². The van der Waals surface area contributed by atoms with Gasteiger partial charge in [-0.2, -0.15) is 0 Å². The number of nitrogens with one attached hydrogen (secondary N) is 1. The van der Waals surface area contributed by atoms with Gasteiger partial charge in [0.05, 0.1) is 5.56 Å². The van der Waals surface area contributed by atoms with Gasteiger partial charge in [0.25, 0.3) is 0 Å². The van der Waals surface area contributed by atoms with Crippen LogP contribution in [0, 0.1) is 0 Å². The maximum absolute atomic E-state index is 11.5. The molecular formula is C8H7FN2O2S. The van der Waals surface area contributed by atoms with Crippen LogP contribution >= 0.6 is 12.2 Å². The highest BCUT2D eigenvalue weighted by Gasteiger charge is 2.07. The fourth-order valence-corrected chi connectivity index (χ4v) is 1.03. The number of carbonyl (C=O) groups excluding carboxylic acids is 1. The molecule has 14 heavy (non-hydrogen) atoms. The first-order valence-corrected chi connectivity index (χ1v) is 4.03. The Morgan fingerprint density at radius 3 is 2.86 bits per heavy atom. The molecule has 0 atom stereocenters. The Balaban J connectivity index is 2.89. The molecule has 0 radical (unpaired) electrons. The first-order chi connectivity index (χ1) is 6.63. The van der Waals surface area contributed by atoms with Crippen LogP contribution in [0.2, 0.25) is 0 Å². The van der Waals surface area contributed by atoms with Gasteiger partial charge < -0.3 is 11.1 Å². The van der Waals surface area contributed by atoms with E-state index in [2.05, 4.69) is 22.5 Å². The second kappa shape index (κ2) is 4.52. The molecule has 0 spiro atoms. The van der Waals surface area contributed by atoms with Gasteiger partial charge in [0.15, 0.2) is 5.11 Å². The lowest BCUT2D eigenvalue weighted by molar-refractivity contribution is -0.0787. The minimum atomic E-state index is -1.06. The number of halogens is 1. The monoisotopic (exact) mass is 214 g/mol. The Kier molecular flexibility index (Phi) is 3.35. The van der Waals surface area contributed by atoms with E-state index in [9.17, 15) is 9.32 Å². The molecule has 0 bridgehead atoms. The third-order valence-electron chi connectivity index (χ3n) is 1.44. The van der Waals surface area contributed by atoms with Crippen molar-refractivity contribution in [2.75, 3.05) is 5.32 Å². The van der Waals surface area contributed by atoms with Crippen molar-refractivity contribution < 1.29 is 14.3 Å². The van der Waals surface area contributed by atoms with Gasteiger partial charge in [0, 0.05) is 10.2 Å². The predicted molar refractivity (Wildman–Crippen MR) is 53.4 cm³/mol. The molecule has 1 rings (SSSR count). The summed E-state index contributed by atoms with van der Waals surface area (Å²) >= 11 is 4.59. The summed E-state index contributed by atoms with van der Waals surface area (Å²) in [5.74, 6) is -1.06. The molecule has 0 aromatic heterocycles. The lowest BCUT2D eigenvalue weighted by Crippen LogP contribution is -2.19. The van der Waals surface area contributed by atoms with Gasteiger partial charge in [-0.25, -0.2) is 9.74 Å². The van der Waals surface area contributed by atoms with E-state index in [-0.39, 0.29) is 10.7 Å². The summed E-state index contributed by atoms with van der Waals surface area (Å²) in [6.45, 7) is 0. The summed E-state index contributed by atoms with van der Waals surface area (Å²) < 4.78 is 11.5. The van der Waals surface area contributed by atoms with Crippen molar-refractivity contribution in [1.29, 1.82) is 0 Å². The summed E-state index contributed by atoms with van der Waals surface area (Å²) in [5.41, 5.74) is 5.79. The summed E-state index contributed by atoms with van der Waals surface area (Å²) in [6, 6.07) is 5.97. The molecule has 0 aliphatic carbocycles. The van der Waals surface area contributed by atoms with Gasteiger partial charge in [0.1, 0.15) is 0 Å². The lowest BCUT2D eigenvalue weighted by Gasteiger charge is -2.03. The number of hydrogen-bond donors (Lipinski definition) is 2. The number of thiocarbonyl (C=S) groups is 1. The van der Waals surface area contributed by atoms with E-state index in [0.717, 1.165) is 0 Å². The molecule has 6 heteroatoms. The second-order valence-corrected chi connectivity index (χ2v) is 2.87. The largest absolute Gasteiger partial charge is 0.379 e. The smallest absolute Gasteiger partial charge is 0.376 e.